The van der Waals surface area contributed by atoms with Gasteiger partial charge in [0.25, 0.3) is 5.56 Å². The van der Waals surface area contributed by atoms with E-state index in [9.17, 15) is 9.90 Å². The van der Waals surface area contributed by atoms with Gasteiger partial charge in [-0.3, -0.25) is 4.79 Å². The van der Waals surface area contributed by atoms with E-state index in [1.54, 1.807) is 34.7 Å². The topological polar surface area (TPSA) is 84.4 Å². The molecule has 8 heteroatoms. The average Bonchev–Trinajstić information content (AvgIpc) is 2.44. The van der Waals surface area contributed by atoms with Gasteiger partial charge in [0, 0.05) is 5.56 Å². The first-order chi connectivity index (χ1) is 9.56. The summed E-state index contributed by atoms with van der Waals surface area (Å²) in [6.45, 7) is 0.861. The van der Waals surface area contributed by atoms with Crippen LogP contribution in [0.4, 0.5) is 0 Å². The van der Waals surface area contributed by atoms with Gasteiger partial charge in [0.2, 0.25) is 5.88 Å². The molecule has 0 aliphatic carbocycles. The van der Waals surface area contributed by atoms with Crippen molar-refractivity contribution in [3.8, 4) is 28.8 Å². The van der Waals surface area contributed by atoms with Crippen LogP contribution < -0.4 is 15.0 Å². The van der Waals surface area contributed by atoms with Gasteiger partial charge in [-0.15, -0.1) is 0 Å². The lowest BCUT2D eigenvalue weighted by Crippen LogP contribution is -2.16. The Morgan fingerprint density at radius 1 is 1.35 bits per heavy atom. The van der Waals surface area contributed by atoms with Crippen LogP contribution in [-0.4, -0.2) is 28.3 Å². The summed E-state index contributed by atoms with van der Waals surface area (Å²) in [5.41, 5.74) is 0.113. The predicted octanol–water partition coefficient (Wildman–Crippen LogP) is 2.17. The third kappa shape index (κ3) is 2.31. The van der Waals surface area contributed by atoms with Crippen LogP contribution in [-0.2, 0) is 0 Å². The molecule has 6 nitrogen and oxygen atoms in total. The molecule has 0 spiro atoms. The van der Waals surface area contributed by atoms with Gasteiger partial charge in [0.05, 0.1) is 5.02 Å². The largest absolute Gasteiger partial charge is 0.492 e. The van der Waals surface area contributed by atoms with Gasteiger partial charge < -0.3 is 19.6 Å². The molecule has 0 saturated heterocycles. The summed E-state index contributed by atoms with van der Waals surface area (Å²) in [6.07, 6.45) is 0. The number of nitrogens with one attached hydrogen (secondary N) is 1. The van der Waals surface area contributed by atoms with E-state index < -0.39 is 5.56 Å². The Hall–Kier alpha value is -1.48. The number of rotatable bonds is 1. The first kappa shape index (κ1) is 13.5. The van der Waals surface area contributed by atoms with Crippen molar-refractivity contribution >= 4 is 34.2 Å². The summed E-state index contributed by atoms with van der Waals surface area (Å²) < 4.78 is 11.0. The van der Waals surface area contributed by atoms with Gasteiger partial charge in [-0.2, -0.15) is 4.98 Å². The summed E-state index contributed by atoms with van der Waals surface area (Å²) in [4.78, 5) is 18.2. The second-order valence-corrected chi connectivity index (χ2v) is 5.52. The number of H-pyrrole nitrogens is 1. The number of aromatic nitrogens is 2. The van der Waals surface area contributed by atoms with E-state index in [4.69, 9.17) is 21.1 Å². The number of hydrogen-bond donors (Lipinski definition) is 2. The van der Waals surface area contributed by atoms with Gasteiger partial charge in [-0.25, -0.2) is 0 Å². The highest BCUT2D eigenvalue weighted by Gasteiger charge is 2.18. The number of nitrogens with zero attached hydrogens (tertiary/aromatic N) is 1. The monoisotopic (exact) mass is 406 g/mol. The number of aromatic hydroxyl groups is 1. The molecule has 1 aliphatic rings. The standard InChI is InChI=1S/C12H8ClIN2O4/c13-6-3-5(4-7-9(6)20-2-1-19-7)10-15-11(17)8(14)12(18)16-10/h3-4H,1-2H2,(H2,15,16,17,18). The second kappa shape index (κ2) is 5.13. The Morgan fingerprint density at radius 3 is 2.85 bits per heavy atom. The number of fused-ring (bicyclic) bond motifs is 1. The molecule has 1 aromatic carbocycles. The molecular formula is C12H8ClIN2O4. The van der Waals surface area contributed by atoms with Crippen molar-refractivity contribution in [1.82, 2.24) is 9.97 Å². The lowest BCUT2D eigenvalue weighted by atomic mass is 10.2. The Bertz CT molecular complexity index is 747. The van der Waals surface area contributed by atoms with Crippen LogP contribution in [0.3, 0.4) is 0 Å². The summed E-state index contributed by atoms with van der Waals surface area (Å²) in [6, 6.07) is 3.25. The van der Waals surface area contributed by atoms with Crippen LogP contribution in [0.15, 0.2) is 16.9 Å². The average molecular weight is 407 g/mol. The van der Waals surface area contributed by atoms with Crippen LogP contribution in [0.5, 0.6) is 17.4 Å². The maximum Gasteiger partial charge on any atom is 0.268 e. The number of aromatic amines is 1. The third-order valence-electron chi connectivity index (χ3n) is 2.72. The Balaban J connectivity index is 2.16. The first-order valence-electron chi connectivity index (χ1n) is 5.64. The molecular weight excluding hydrogens is 398 g/mol. The Morgan fingerprint density at radius 2 is 2.10 bits per heavy atom. The Kier molecular flexibility index (Phi) is 3.47. The normalized spacial score (nSPS) is 13.3. The van der Waals surface area contributed by atoms with Crippen molar-refractivity contribution in [3.63, 3.8) is 0 Å². The molecule has 1 aromatic heterocycles. The van der Waals surface area contributed by atoms with E-state index in [1.165, 1.54) is 0 Å². The molecule has 2 heterocycles. The highest BCUT2D eigenvalue weighted by Crippen LogP contribution is 2.40. The van der Waals surface area contributed by atoms with Crippen molar-refractivity contribution in [2.24, 2.45) is 0 Å². The fourth-order valence-corrected chi connectivity index (χ4v) is 2.35. The molecule has 0 radical (unpaired) electrons. The van der Waals surface area contributed by atoms with Crippen molar-refractivity contribution in [1.29, 1.82) is 0 Å². The molecule has 0 bridgehead atoms. The summed E-state index contributed by atoms with van der Waals surface area (Å²) in [5.74, 6) is 0.848. The smallest absolute Gasteiger partial charge is 0.268 e. The van der Waals surface area contributed by atoms with E-state index in [2.05, 4.69) is 9.97 Å². The van der Waals surface area contributed by atoms with Gasteiger partial charge >= 0.3 is 0 Å². The quantitative estimate of drug-likeness (QED) is 0.709. The van der Waals surface area contributed by atoms with Gasteiger partial charge in [0.1, 0.15) is 22.6 Å². The SMILES string of the molecule is O=c1[nH]c(-c2cc(Cl)c3c(c2)OCCO3)nc(O)c1I. The molecule has 0 amide bonds. The minimum atomic E-state index is -0.417. The van der Waals surface area contributed by atoms with Crippen molar-refractivity contribution in [2.45, 2.75) is 0 Å². The zero-order valence-corrected chi connectivity index (χ0v) is 12.9. The highest BCUT2D eigenvalue weighted by molar-refractivity contribution is 14.1. The molecule has 104 valence electrons. The van der Waals surface area contributed by atoms with Gasteiger partial charge in [-0.1, -0.05) is 11.6 Å². The number of benzene rings is 1. The zero-order chi connectivity index (χ0) is 14.3. The molecule has 0 atom stereocenters. The number of hydrogen-bond acceptors (Lipinski definition) is 5. The van der Waals surface area contributed by atoms with Crippen molar-refractivity contribution in [2.75, 3.05) is 13.2 Å². The lowest BCUT2D eigenvalue weighted by Gasteiger charge is -2.20. The van der Waals surface area contributed by atoms with E-state index in [-0.39, 0.29) is 15.3 Å². The van der Waals surface area contributed by atoms with Gasteiger partial charge in [0.15, 0.2) is 11.5 Å². The van der Waals surface area contributed by atoms with Gasteiger partial charge in [-0.05, 0) is 34.7 Å². The van der Waals surface area contributed by atoms with E-state index in [0.717, 1.165) is 0 Å². The molecule has 0 saturated carbocycles. The third-order valence-corrected chi connectivity index (χ3v) is 3.97. The van der Waals surface area contributed by atoms with E-state index in [1.807, 2.05) is 0 Å². The minimum absolute atomic E-state index is 0.134. The van der Waals surface area contributed by atoms with Crippen LogP contribution in [0.25, 0.3) is 11.4 Å². The molecule has 0 fully saturated rings. The summed E-state index contributed by atoms with van der Waals surface area (Å²) in [7, 11) is 0. The van der Waals surface area contributed by atoms with Crippen LogP contribution in [0, 0.1) is 3.57 Å². The fourth-order valence-electron chi connectivity index (χ4n) is 1.83. The molecule has 2 N–H and O–H groups in total. The lowest BCUT2D eigenvalue weighted by molar-refractivity contribution is 0.172. The Labute approximate surface area is 131 Å². The highest BCUT2D eigenvalue weighted by atomic mass is 127. The van der Waals surface area contributed by atoms with E-state index in [0.29, 0.717) is 35.3 Å². The summed E-state index contributed by atoms with van der Waals surface area (Å²) >= 11 is 7.84. The number of ether oxygens (including phenoxy) is 2. The first-order valence-corrected chi connectivity index (χ1v) is 7.10. The number of halogens is 2. The van der Waals surface area contributed by atoms with Crippen LogP contribution >= 0.6 is 34.2 Å². The van der Waals surface area contributed by atoms with Crippen LogP contribution in [0.1, 0.15) is 0 Å². The molecule has 1 aliphatic heterocycles. The molecule has 0 unspecified atom stereocenters. The van der Waals surface area contributed by atoms with Crippen LogP contribution in [0.2, 0.25) is 5.02 Å². The molecule has 3 rings (SSSR count). The second-order valence-electron chi connectivity index (χ2n) is 4.03. The van der Waals surface area contributed by atoms with E-state index >= 15 is 0 Å². The maximum atomic E-state index is 11.7. The minimum Gasteiger partial charge on any atom is -0.492 e. The fraction of sp³-hybridized carbons (Fsp3) is 0.167. The predicted molar refractivity (Wildman–Crippen MR) is 80.7 cm³/mol. The zero-order valence-electron chi connectivity index (χ0n) is 9.94. The summed E-state index contributed by atoms with van der Waals surface area (Å²) in [5, 5.41) is 9.98. The molecule has 20 heavy (non-hydrogen) atoms. The van der Waals surface area contributed by atoms with Crippen molar-refractivity contribution < 1.29 is 14.6 Å². The molecule has 2 aromatic rings. The van der Waals surface area contributed by atoms with Crippen molar-refractivity contribution in [3.05, 3.63) is 31.1 Å². The maximum absolute atomic E-state index is 11.7.